The highest BCUT2D eigenvalue weighted by Crippen LogP contribution is 2.38. The van der Waals surface area contributed by atoms with E-state index in [0.717, 1.165) is 46.1 Å². The van der Waals surface area contributed by atoms with E-state index in [1.165, 1.54) is 4.90 Å². The zero-order valence-electron chi connectivity index (χ0n) is 15.8. The maximum absolute atomic E-state index is 12.5. The summed E-state index contributed by atoms with van der Waals surface area (Å²) in [5, 5.41) is 5.95. The minimum atomic E-state index is -0.150. The van der Waals surface area contributed by atoms with Gasteiger partial charge < -0.3 is 5.32 Å². The number of nitrogens with one attached hydrogen (secondary N) is 1. The Kier molecular flexibility index (Phi) is 5.59. The number of thiophene rings is 1. The Labute approximate surface area is 172 Å². The number of nitrogens with zero attached hydrogens (tertiary/aromatic N) is 2. The van der Waals surface area contributed by atoms with E-state index in [-0.39, 0.29) is 42.5 Å². The van der Waals surface area contributed by atoms with Crippen LogP contribution in [0.2, 0.25) is 0 Å². The molecular formula is C20H23N3O3S2. The number of hydrogen-bond donors (Lipinski definition) is 1. The molecule has 1 aliphatic heterocycles. The first-order chi connectivity index (χ1) is 13.5. The second kappa shape index (κ2) is 8.13. The van der Waals surface area contributed by atoms with E-state index in [0.29, 0.717) is 6.54 Å². The molecule has 1 saturated carbocycles. The first kappa shape index (κ1) is 19.3. The summed E-state index contributed by atoms with van der Waals surface area (Å²) in [5.41, 5.74) is 0.970. The Bertz CT molecular complexity index is 880. The molecule has 2 aliphatic rings. The standard InChI is InChI=1S/C20H23N3O3S2/c1-12-22-16(11-27-12)17-7-6-13(28-17)10-21-18(24)8-9-23-19(25)14-4-2-3-5-15(14)20(23)26/h6-7,11,14-15H,2-5,8-10H2,1H3,(H,21,24)/t14-,15-/m1/s1. The third kappa shape index (κ3) is 3.89. The van der Waals surface area contributed by atoms with Crippen LogP contribution in [0, 0.1) is 18.8 Å². The average Bonchev–Trinajstić information content (AvgIpc) is 3.39. The molecule has 1 N–H and O–H groups in total. The Morgan fingerprint density at radius 1 is 1.21 bits per heavy atom. The van der Waals surface area contributed by atoms with E-state index in [1.807, 2.05) is 24.4 Å². The van der Waals surface area contributed by atoms with Gasteiger partial charge in [-0.25, -0.2) is 4.98 Å². The fourth-order valence-corrected chi connectivity index (χ4v) is 5.62. The number of carbonyl (C=O) groups excluding carboxylic acids is 3. The largest absolute Gasteiger partial charge is 0.351 e. The maximum Gasteiger partial charge on any atom is 0.233 e. The van der Waals surface area contributed by atoms with Gasteiger partial charge in [-0.15, -0.1) is 22.7 Å². The molecule has 3 amide bonds. The summed E-state index contributed by atoms with van der Waals surface area (Å²) in [4.78, 5) is 45.0. The number of rotatable bonds is 6. The molecule has 148 valence electrons. The molecule has 0 radical (unpaired) electrons. The molecule has 8 heteroatoms. The van der Waals surface area contributed by atoms with Crippen LogP contribution < -0.4 is 5.32 Å². The van der Waals surface area contributed by atoms with Gasteiger partial charge in [0, 0.05) is 23.2 Å². The van der Waals surface area contributed by atoms with Gasteiger partial charge in [-0.05, 0) is 31.9 Å². The van der Waals surface area contributed by atoms with Crippen molar-refractivity contribution < 1.29 is 14.4 Å². The summed E-state index contributed by atoms with van der Waals surface area (Å²) in [6.07, 6.45) is 3.78. The van der Waals surface area contributed by atoms with Crippen molar-refractivity contribution in [1.29, 1.82) is 0 Å². The van der Waals surface area contributed by atoms with Crippen molar-refractivity contribution in [2.75, 3.05) is 6.54 Å². The third-order valence-electron chi connectivity index (χ3n) is 5.49. The van der Waals surface area contributed by atoms with Crippen molar-refractivity contribution >= 4 is 40.4 Å². The summed E-state index contributed by atoms with van der Waals surface area (Å²) in [6, 6.07) is 4.01. The van der Waals surface area contributed by atoms with Crippen LogP contribution >= 0.6 is 22.7 Å². The summed E-state index contributed by atoms with van der Waals surface area (Å²) in [7, 11) is 0. The number of aromatic nitrogens is 1. The lowest BCUT2D eigenvalue weighted by Gasteiger charge is -2.19. The second-order valence-corrected chi connectivity index (χ2v) is 9.60. The topological polar surface area (TPSA) is 79.4 Å². The zero-order valence-corrected chi connectivity index (χ0v) is 17.4. The second-order valence-electron chi connectivity index (χ2n) is 7.37. The monoisotopic (exact) mass is 417 g/mol. The van der Waals surface area contributed by atoms with Crippen LogP contribution in [0.15, 0.2) is 17.5 Å². The molecule has 2 fully saturated rings. The summed E-state index contributed by atoms with van der Waals surface area (Å²) in [5.74, 6) is -0.603. The lowest BCUT2D eigenvalue weighted by Crippen LogP contribution is -2.35. The van der Waals surface area contributed by atoms with Crippen molar-refractivity contribution in [2.45, 2.75) is 45.6 Å². The molecule has 3 heterocycles. The van der Waals surface area contributed by atoms with Gasteiger partial charge in [-0.1, -0.05) is 12.8 Å². The Balaban J connectivity index is 1.27. The van der Waals surface area contributed by atoms with Crippen LogP contribution in [0.5, 0.6) is 0 Å². The van der Waals surface area contributed by atoms with Gasteiger partial charge in [0.15, 0.2) is 0 Å². The number of fused-ring (bicyclic) bond motifs is 1. The first-order valence-electron chi connectivity index (χ1n) is 9.66. The molecule has 28 heavy (non-hydrogen) atoms. The lowest BCUT2D eigenvalue weighted by atomic mass is 9.81. The van der Waals surface area contributed by atoms with Crippen molar-refractivity contribution in [2.24, 2.45) is 11.8 Å². The predicted octanol–water partition coefficient (Wildman–Crippen LogP) is 3.36. The van der Waals surface area contributed by atoms with E-state index in [2.05, 4.69) is 10.3 Å². The molecule has 1 aliphatic carbocycles. The zero-order chi connectivity index (χ0) is 19.7. The van der Waals surface area contributed by atoms with E-state index in [1.54, 1.807) is 22.7 Å². The predicted molar refractivity (Wildman–Crippen MR) is 109 cm³/mol. The normalized spacial score (nSPS) is 21.8. The SMILES string of the molecule is Cc1nc(-c2ccc(CNC(=O)CCN3C(=O)[C@@H]4CCCC[C@H]4C3=O)s2)cs1. The first-order valence-corrected chi connectivity index (χ1v) is 11.4. The number of aryl methyl sites for hydroxylation is 1. The summed E-state index contributed by atoms with van der Waals surface area (Å²) < 4.78 is 0. The molecule has 0 aromatic carbocycles. The van der Waals surface area contributed by atoms with Gasteiger partial charge in [0.25, 0.3) is 0 Å². The van der Waals surface area contributed by atoms with Crippen LogP contribution in [0.3, 0.4) is 0 Å². The lowest BCUT2D eigenvalue weighted by molar-refractivity contribution is -0.140. The quantitative estimate of drug-likeness (QED) is 0.731. The van der Waals surface area contributed by atoms with Crippen molar-refractivity contribution in [3.05, 3.63) is 27.4 Å². The number of likely N-dealkylation sites (tertiary alicyclic amines) is 1. The molecule has 1 saturated heterocycles. The number of carbonyl (C=O) groups is 3. The average molecular weight is 418 g/mol. The highest BCUT2D eigenvalue weighted by molar-refractivity contribution is 7.16. The Hall–Kier alpha value is -2.06. The molecule has 2 aromatic rings. The highest BCUT2D eigenvalue weighted by Gasteiger charge is 2.47. The molecule has 0 bridgehead atoms. The van der Waals surface area contributed by atoms with Crippen molar-refractivity contribution in [3.8, 4) is 10.6 Å². The van der Waals surface area contributed by atoms with Crippen LogP contribution in [0.25, 0.3) is 10.6 Å². The molecule has 2 atom stereocenters. The van der Waals surface area contributed by atoms with Crippen LogP contribution in [0.1, 0.15) is 42.0 Å². The Morgan fingerprint density at radius 2 is 1.93 bits per heavy atom. The van der Waals surface area contributed by atoms with E-state index < -0.39 is 0 Å². The minimum absolute atomic E-state index is 0.0797. The van der Waals surface area contributed by atoms with Gasteiger partial charge in [0.05, 0.1) is 34.0 Å². The molecule has 0 unspecified atom stereocenters. The molecular weight excluding hydrogens is 394 g/mol. The number of imide groups is 1. The Morgan fingerprint density at radius 3 is 2.57 bits per heavy atom. The minimum Gasteiger partial charge on any atom is -0.351 e. The van der Waals surface area contributed by atoms with E-state index in [4.69, 9.17) is 0 Å². The molecule has 4 rings (SSSR count). The smallest absolute Gasteiger partial charge is 0.233 e. The van der Waals surface area contributed by atoms with Gasteiger partial charge in [0.2, 0.25) is 17.7 Å². The summed E-state index contributed by atoms with van der Waals surface area (Å²) >= 11 is 3.23. The fraction of sp³-hybridized carbons (Fsp3) is 0.500. The van der Waals surface area contributed by atoms with E-state index in [9.17, 15) is 14.4 Å². The highest BCUT2D eigenvalue weighted by atomic mass is 32.1. The van der Waals surface area contributed by atoms with Gasteiger partial charge in [-0.3, -0.25) is 19.3 Å². The van der Waals surface area contributed by atoms with E-state index >= 15 is 0 Å². The van der Waals surface area contributed by atoms with Crippen LogP contribution in [-0.4, -0.2) is 34.2 Å². The van der Waals surface area contributed by atoms with Crippen LogP contribution in [-0.2, 0) is 20.9 Å². The van der Waals surface area contributed by atoms with Gasteiger partial charge in [-0.2, -0.15) is 0 Å². The molecule has 2 aromatic heterocycles. The summed E-state index contributed by atoms with van der Waals surface area (Å²) in [6.45, 7) is 2.61. The van der Waals surface area contributed by atoms with Crippen LogP contribution in [0.4, 0.5) is 0 Å². The maximum atomic E-state index is 12.5. The van der Waals surface area contributed by atoms with Gasteiger partial charge >= 0.3 is 0 Å². The fourth-order valence-electron chi connectivity index (χ4n) is 4.03. The number of amides is 3. The molecule has 6 nitrogen and oxygen atoms in total. The molecule has 0 spiro atoms. The number of hydrogen-bond acceptors (Lipinski definition) is 6. The van der Waals surface area contributed by atoms with Crippen molar-refractivity contribution in [1.82, 2.24) is 15.2 Å². The van der Waals surface area contributed by atoms with Gasteiger partial charge in [0.1, 0.15) is 0 Å². The number of thiazole rings is 1. The van der Waals surface area contributed by atoms with Crippen molar-refractivity contribution in [3.63, 3.8) is 0 Å². The third-order valence-corrected chi connectivity index (χ3v) is 7.37.